The molecule has 1 aromatic rings. The summed E-state index contributed by atoms with van der Waals surface area (Å²) in [5.74, 6) is 0.719. The molecule has 1 aliphatic heterocycles. The fourth-order valence-corrected chi connectivity index (χ4v) is 2.67. The Bertz CT molecular complexity index is 386. The number of nitrogens with zero attached hydrogens (tertiary/aromatic N) is 3. The van der Waals surface area contributed by atoms with Gasteiger partial charge in [0.1, 0.15) is 5.15 Å². The van der Waals surface area contributed by atoms with Crippen molar-refractivity contribution in [1.29, 1.82) is 0 Å². The molecule has 0 atom stereocenters. The molecule has 0 radical (unpaired) electrons. The second kappa shape index (κ2) is 5.19. The Morgan fingerprint density at radius 1 is 1.41 bits per heavy atom. The van der Waals surface area contributed by atoms with Crippen LogP contribution in [0, 0.1) is 0 Å². The van der Waals surface area contributed by atoms with Gasteiger partial charge in [-0.1, -0.05) is 11.6 Å². The lowest BCUT2D eigenvalue weighted by Crippen LogP contribution is -2.37. The predicted octanol–water partition coefficient (Wildman–Crippen LogP) is 2.30. The van der Waals surface area contributed by atoms with Crippen molar-refractivity contribution in [3.05, 3.63) is 16.9 Å². The van der Waals surface area contributed by atoms with Crippen LogP contribution in [0.1, 0.15) is 38.2 Å². The van der Waals surface area contributed by atoms with Crippen molar-refractivity contribution in [2.24, 2.45) is 0 Å². The summed E-state index contributed by atoms with van der Waals surface area (Å²) < 4.78 is 0. The van der Waals surface area contributed by atoms with Gasteiger partial charge >= 0.3 is 0 Å². The number of piperidine rings is 1. The van der Waals surface area contributed by atoms with E-state index in [1.54, 1.807) is 6.20 Å². The summed E-state index contributed by atoms with van der Waals surface area (Å²) in [6.07, 6.45) is 4.01. The Hall–Kier alpha value is -0.870. The second-order valence-electron chi connectivity index (χ2n) is 4.88. The minimum atomic E-state index is 0.248. The molecule has 2 N–H and O–H groups in total. The summed E-state index contributed by atoms with van der Waals surface area (Å²) in [6, 6.07) is 0.620. The van der Waals surface area contributed by atoms with E-state index in [2.05, 4.69) is 28.7 Å². The molecule has 2 heterocycles. The number of anilines is 1. The van der Waals surface area contributed by atoms with Gasteiger partial charge in [0, 0.05) is 17.8 Å². The maximum atomic E-state index is 6.12. The van der Waals surface area contributed by atoms with Gasteiger partial charge in [-0.25, -0.2) is 9.97 Å². The van der Waals surface area contributed by atoms with Crippen LogP contribution < -0.4 is 5.73 Å². The highest BCUT2D eigenvalue weighted by molar-refractivity contribution is 6.30. The minimum Gasteiger partial charge on any atom is -0.368 e. The molecular weight excluding hydrogens is 236 g/mol. The number of likely N-dealkylation sites (tertiary alicyclic amines) is 1. The maximum absolute atomic E-state index is 6.12. The molecule has 1 aliphatic rings. The predicted molar refractivity (Wildman–Crippen MR) is 70.1 cm³/mol. The van der Waals surface area contributed by atoms with E-state index in [1.807, 2.05) is 0 Å². The van der Waals surface area contributed by atoms with Crippen molar-refractivity contribution in [2.45, 2.75) is 38.6 Å². The second-order valence-corrected chi connectivity index (χ2v) is 5.24. The molecule has 0 spiro atoms. The quantitative estimate of drug-likeness (QED) is 0.823. The molecule has 0 unspecified atom stereocenters. The zero-order valence-corrected chi connectivity index (χ0v) is 11.1. The molecule has 0 aromatic carbocycles. The van der Waals surface area contributed by atoms with E-state index in [0.29, 0.717) is 17.1 Å². The Labute approximate surface area is 107 Å². The molecule has 17 heavy (non-hydrogen) atoms. The summed E-state index contributed by atoms with van der Waals surface area (Å²) in [5, 5.41) is 0.514. The molecule has 4 nitrogen and oxygen atoms in total. The van der Waals surface area contributed by atoms with Gasteiger partial charge in [-0.3, -0.25) is 0 Å². The molecule has 0 bridgehead atoms. The zero-order valence-electron chi connectivity index (χ0n) is 10.4. The van der Waals surface area contributed by atoms with E-state index in [-0.39, 0.29) is 5.95 Å². The number of hydrogen-bond donors (Lipinski definition) is 1. The average molecular weight is 255 g/mol. The topological polar surface area (TPSA) is 55.0 Å². The largest absolute Gasteiger partial charge is 0.368 e. The van der Waals surface area contributed by atoms with Gasteiger partial charge in [-0.15, -0.1) is 0 Å². The monoisotopic (exact) mass is 254 g/mol. The lowest BCUT2D eigenvalue weighted by molar-refractivity contribution is 0.171. The standard InChI is InChI=1S/C12H19ClN4/c1-8(2)17-5-3-9(4-6-17)10-7-15-12(14)16-11(10)13/h7-9H,3-6H2,1-2H3,(H2,14,15,16). The van der Waals surface area contributed by atoms with E-state index in [4.69, 9.17) is 17.3 Å². The van der Waals surface area contributed by atoms with E-state index in [0.717, 1.165) is 31.5 Å². The van der Waals surface area contributed by atoms with Crippen LogP contribution in [0.4, 0.5) is 5.95 Å². The summed E-state index contributed by atoms with van der Waals surface area (Å²) in [5.41, 5.74) is 6.55. The van der Waals surface area contributed by atoms with Crippen molar-refractivity contribution < 1.29 is 0 Å². The fourth-order valence-electron chi connectivity index (χ4n) is 2.38. The highest BCUT2D eigenvalue weighted by atomic mass is 35.5. The minimum absolute atomic E-state index is 0.248. The number of rotatable bonds is 2. The first-order valence-corrected chi connectivity index (χ1v) is 6.47. The number of nitrogen functional groups attached to an aromatic ring is 1. The van der Waals surface area contributed by atoms with Gasteiger partial charge < -0.3 is 10.6 Å². The highest BCUT2D eigenvalue weighted by Crippen LogP contribution is 2.32. The van der Waals surface area contributed by atoms with Gasteiger partial charge in [0.25, 0.3) is 0 Å². The van der Waals surface area contributed by atoms with Crippen LogP contribution in [-0.4, -0.2) is 34.0 Å². The summed E-state index contributed by atoms with van der Waals surface area (Å²) in [4.78, 5) is 10.5. The third-order valence-corrected chi connectivity index (χ3v) is 3.79. The first-order chi connectivity index (χ1) is 8.08. The third kappa shape index (κ3) is 2.87. The van der Waals surface area contributed by atoms with Crippen molar-refractivity contribution >= 4 is 17.5 Å². The van der Waals surface area contributed by atoms with E-state index < -0.39 is 0 Å². The third-order valence-electron chi connectivity index (χ3n) is 3.49. The maximum Gasteiger partial charge on any atom is 0.221 e. The highest BCUT2D eigenvalue weighted by Gasteiger charge is 2.24. The van der Waals surface area contributed by atoms with Crippen molar-refractivity contribution in [1.82, 2.24) is 14.9 Å². The van der Waals surface area contributed by atoms with Gasteiger partial charge in [-0.2, -0.15) is 0 Å². The Morgan fingerprint density at radius 3 is 2.59 bits per heavy atom. The van der Waals surface area contributed by atoms with Gasteiger partial charge in [0.2, 0.25) is 5.95 Å². The molecule has 0 amide bonds. The number of aromatic nitrogens is 2. The fraction of sp³-hybridized carbons (Fsp3) is 0.667. The Balaban J connectivity index is 2.05. The lowest BCUT2D eigenvalue weighted by Gasteiger charge is -2.34. The van der Waals surface area contributed by atoms with Crippen LogP contribution in [0.2, 0.25) is 5.15 Å². The molecule has 2 rings (SSSR count). The number of hydrogen-bond acceptors (Lipinski definition) is 4. The van der Waals surface area contributed by atoms with Crippen molar-refractivity contribution in [3.8, 4) is 0 Å². The summed E-state index contributed by atoms with van der Waals surface area (Å²) in [7, 11) is 0. The molecule has 94 valence electrons. The van der Waals surface area contributed by atoms with Gasteiger partial charge in [0.15, 0.2) is 0 Å². The molecule has 0 aliphatic carbocycles. The van der Waals surface area contributed by atoms with Crippen molar-refractivity contribution in [3.63, 3.8) is 0 Å². The first-order valence-electron chi connectivity index (χ1n) is 6.10. The molecular formula is C12H19ClN4. The SMILES string of the molecule is CC(C)N1CCC(c2cnc(N)nc2Cl)CC1. The van der Waals surface area contributed by atoms with Gasteiger partial charge in [0.05, 0.1) is 0 Å². The van der Waals surface area contributed by atoms with Crippen LogP contribution in [0.3, 0.4) is 0 Å². The molecule has 1 saturated heterocycles. The summed E-state index contributed by atoms with van der Waals surface area (Å²) >= 11 is 6.12. The smallest absolute Gasteiger partial charge is 0.221 e. The molecule has 0 saturated carbocycles. The lowest BCUT2D eigenvalue weighted by atomic mass is 9.91. The Kier molecular flexibility index (Phi) is 3.84. The van der Waals surface area contributed by atoms with Crippen LogP contribution in [0.5, 0.6) is 0 Å². The normalized spacial score (nSPS) is 18.8. The van der Waals surface area contributed by atoms with E-state index in [1.165, 1.54) is 0 Å². The number of halogens is 1. The van der Waals surface area contributed by atoms with Crippen LogP contribution in [-0.2, 0) is 0 Å². The molecule has 1 aromatic heterocycles. The van der Waals surface area contributed by atoms with E-state index >= 15 is 0 Å². The average Bonchev–Trinajstić information content (AvgIpc) is 2.29. The number of nitrogens with two attached hydrogens (primary N) is 1. The zero-order chi connectivity index (χ0) is 12.4. The van der Waals surface area contributed by atoms with Crippen LogP contribution >= 0.6 is 11.6 Å². The Morgan fingerprint density at radius 2 is 2.06 bits per heavy atom. The van der Waals surface area contributed by atoms with Gasteiger partial charge in [-0.05, 0) is 45.7 Å². The molecule has 5 heteroatoms. The summed E-state index contributed by atoms with van der Waals surface area (Å²) in [6.45, 7) is 6.70. The first kappa shape index (κ1) is 12.6. The van der Waals surface area contributed by atoms with Crippen LogP contribution in [0.15, 0.2) is 6.20 Å². The van der Waals surface area contributed by atoms with Crippen LogP contribution in [0.25, 0.3) is 0 Å². The molecule has 1 fully saturated rings. The van der Waals surface area contributed by atoms with E-state index in [9.17, 15) is 0 Å². The van der Waals surface area contributed by atoms with Crippen molar-refractivity contribution in [2.75, 3.05) is 18.8 Å².